The fourth-order valence-corrected chi connectivity index (χ4v) is 3.97. The van der Waals surface area contributed by atoms with Gasteiger partial charge in [-0.1, -0.05) is 24.0 Å². The van der Waals surface area contributed by atoms with E-state index in [9.17, 15) is 13.2 Å². The minimum absolute atomic E-state index is 0.131. The summed E-state index contributed by atoms with van der Waals surface area (Å²) in [6.45, 7) is 0. The number of fused-ring (bicyclic) bond motifs is 1. The molecule has 0 aliphatic heterocycles. The van der Waals surface area contributed by atoms with Crippen molar-refractivity contribution in [1.82, 2.24) is 0 Å². The zero-order valence-corrected chi connectivity index (χ0v) is 15.8. The van der Waals surface area contributed by atoms with E-state index in [0.29, 0.717) is 11.1 Å². The Kier molecular flexibility index (Phi) is 5.32. The molecule has 0 atom stereocenters. The highest BCUT2D eigenvalue weighted by atomic mass is 19.1. The Morgan fingerprint density at radius 2 is 1.41 bits per heavy atom. The average Bonchev–Trinajstić information content (AvgIpc) is 2.73. The fraction of sp³-hybridized carbons (Fsp3) is 0.231. The summed E-state index contributed by atoms with van der Waals surface area (Å²) in [6.07, 6.45) is 8.93. The van der Waals surface area contributed by atoms with E-state index >= 15 is 0 Å². The van der Waals surface area contributed by atoms with Gasteiger partial charge in [0.25, 0.3) is 0 Å². The largest absolute Gasteiger partial charge is 0.207 e. The lowest BCUT2D eigenvalue weighted by Gasteiger charge is -2.26. The standard InChI is InChI=1S/C26H19F3/c1-2-17-3-7-19(8-4-17)22-15-25(28)24(26(29)16-22)12-6-18-5-9-21-14-23(27)11-10-20(21)13-18/h1,5,9-11,13-17,19H,3-4,7-8H2. The first kappa shape index (κ1) is 19.2. The molecule has 1 aliphatic carbocycles. The highest BCUT2D eigenvalue weighted by Crippen LogP contribution is 2.36. The smallest absolute Gasteiger partial charge is 0.142 e. The third kappa shape index (κ3) is 4.15. The maximum atomic E-state index is 14.6. The molecular formula is C26H19F3. The van der Waals surface area contributed by atoms with Crippen molar-refractivity contribution in [2.24, 2.45) is 5.92 Å². The van der Waals surface area contributed by atoms with Crippen molar-refractivity contribution >= 4 is 10.8 Å². The third-order valence-electron chi connectivity index (χ3n) is 5.63. The number of hydrogen-bond acceptors (Lipinski definition) is 0. The van der Waals surface area contributed by atoms with Gasteiger partial charge in [-0.15, -0.1) is 12.3 Å². The van der Waals surface area contributed by atoms with Crippen LogP contribution in [0.25, 0.3) is 10.8 Å². The van der Waals surface area contributed by atoms with E-state index in [1.807, 2.05) is 0 Å². The normalized spacial score (nSPS) is 18.7. The third-order valence-corrected chi connectivity index (χ3v) is 5.63. The summed E-state index contributed by atoms with van der Waals surface area (Å²) < 4.78 is 42.5. The van der Waals surface area contributed by atoms with Gasteiger partial charge in [-0.05, 0) is 84.3 Å². The Labute approximate surface area is 168 Å². The van der Waals surface area contributed by atoms with Crippen molar-refractivity contribution in [3.8, 4) is 24.2 Å². The van der Waals surface area contributed by atoms with E-state index in [1.54, 1.807) is 24.3 Å². The van der Waals surface area contributed by atoms with Gasteiger partial charge < -0.3 is 0 Å². The summed E-state index contributed by atoms with van der Waals surface area (Å²) >= 11 is 0. The van der Waals surface area contributed by atoms with Crippen LogP contribution < -0.4 is 0 Å². The first-order chi connectivity index (χ1) is 14.0. The zero-order valence-electron chi connectivity index (χ0n) is 15.8. The molecule has 3 heteroatoms. The first-order valence-electron chi connectivity index (χ1n) is 9.70. The van der Waals surface area contributed by atoms with Gasteiger partial charge in [-0.2, -0.15) is 0 Å². The average molecular weight is 388 g/mol. The van der Waals surface area contributed by atoms with Crippen LogP contribution in [0.15, 0.2) is 48.5 Å². The van der Waals surface area contributed by atoms with Gasteiger partial charge in [-0.3, -0.25) is 0 Å². The Morgan fingerprint density at radius 1 is 0.759 bits per heavy atom. The second-order valence-corrected chi connectivity index (χ2v) is 7.53. The molecule has 0 heterocycles. The van der Waals surface area contributed by atoms with Crippen LogP contribution in [0.2, 0.25) is 0 Å². The highest BCUT2D eigenvalue weighted by Gasteiger charge is 2.23. The van der Waals surface area contributed by atoms with Crippen LogP contribution >= 0.6 is 0 Å². The van der Waals surface area contributed by atoms with Crippen molar-refractivity contribution in [2.45, 2.75) is 31.6 Å². The molecule has 0 saturated heterocycles. The van der Waals surface area contributed by atoms with Crippen molar-refractivity contribution in [3.63, 3.8) is 0 Å². The number of halogens is 3. The molecule has 1 aliphatic rings. The lowest BCUT2D eigenvalue weighted by atomic mass is 9.79. The molecular weight excluding hydrogens is 369 g/mol. The van der Waals surface area contributed by atoms with E-state index in [-0.39, 0.29) is 23.2 Å². The molecule has 1 saturated carbocycles. The van der Waals surface area contributed by atoms with Crippen molar-refractivity contribution in [1.29, 1.82) is 0 Å². The lowest BCUT2D eigenvalue weighted by Crippen LogP contribution is -2.12. The Hall–Kier alpha value is -3.17. The Morgan fingerprint density at radius 3 is 2.10 bits per heavy atom. The van der Waals surface area contributed by atoms with Crippen molar-refractivity contribution in [3.05, 3.63) is 82.7 Å². The van der Waals surface area contributed by atoms with E-state index in [1.165, 1.54) is 24.3 Å². The highest BCUT2D eigenvalue weighted by molar-refractivity contribution is 5.84. The van der Waals surface area contributed by atoms with Crippen LogP contribution in [0.1, 0.15) is 48.3 Å². The molecule has 0 spiro atoms. The summed E-state index contributed by atoms with van der Waals surface area (Å²) in [6, 6.07) is 12.5. The lowest BCUT2D eigenvalue weighted by molar-refractivity contribution is 0.383. The fourth-order valence-electron chi connectivity index (χ4n) is 3.97. The van der Waals surface area contributed by atoms with Crippen LogP contribution in [-0.2, 0) is 0 Å². The van der Waals surface area contributed by atoms with E-state index in [4.69, 9.17) is 6.42 Å². The molecule has 0 amide bonds. The molecule has 29 heavy (non-hydrogen) atoms. The molecule has 3 aromatic carbocycles. The van der Waals surface area contributed by atoms with Crippen LogP contribution in [-0.4, -0.2) is 0 Å². The van der Waals surface area contributed by atoms with E-state index in [2.05, 4.69) is 17.8 Å². The van der Waals surface area contributed by atoms with Gasteiger partial charge in [0.15, 0.2) is 0 Å². The molecule has 0 bridgehead atoms. The van der Waals surface area contributed by atoms with Gasteiger partial charge >= 0.3 is 0 Å². The molecule has 3 aromatic rings. The second kappa shape index (κ2) is 8.06. The quantitative estimate of drug-likeness (QED) is 0.414. The number of rotatable bonds is 1. The summed E-state index contributed by atoms with van der Waals surface area (Å²) in [5, 5.41) is 1.56. The molecule has 4 rings (SSSR count). The summed E-state index contributed by atoms with van der Waals surface area (Å²) in [5.74, 6) is 7.00. The van der Waals surface area contributed by atoms with Crippen LogP contribution in [0.4, 0.5) is 13.2 Å². The van der Waals surface area contributed by atoms with E-state index < -0.39 is 11.6 Å². The van der Waals surface area contributed by atoms with Crippen LogP contribution in [0.5, 0.6) is 0 Å². The molecule has 0 radical (unpaired) electrons. The summed E-state index contributed by atoms with van der Waals surface area (Å²) in [7, 11) is 0. The number of terminal acetylenes is 1. The molecule has 144 valence electrons. The SMILES string of the molecule is C#CC1CCC(c2cc(F)c(C#Cc3ccc4cc(F)ccc4c3)c(F)c2)CC1. The van der Waals surface area contributed by atoms with Crippen LogP contribution in [0.3, 0.4) is 0 Å². The second-order valence-electron chi connectivity index (χ2n) is 7.53. The van der Waals surface area contributed by atoms with Gasteiger partial charge in [0.05, 0.1) is 5.56 Å². The number of hydrogen-bond donors (Lipinski definition) is 0. The van der Waals surface area contributed by atoms with E-state index in [0.717, 1.165) is 36.5 Å². The zero-order chi connectivity index (χ0) is 20.4. The van der Waals surface area contributed by atoms with Crippen LogP contribution in [0, 0.1) is 47.6 Å². The Bertz CT molecular complexity index is 1140. The molecule has 0 nitrogen and oxygen atoms in total. The van der Waals surface area contributed by atoms with Gasteiger partial charge in [0.2, 0.25) is 0 Å². The van der Waals surface area contributed by atoms with Gasteiger partial charge in [0, 0.05) is 11.5 Å². The monoisotopic (exact) mass is 388 g/mol. The first-order valence-corrected chi connectivity index (χ1v) is 9.70. The molecule has 0 N–H and O–H groups in total. The Balaban J connectivity index is 1.59. The predicted molar refractivity (Wildman–Crippen MR) is 110 cm³/mol. The summed E-state index contributed by atoms with van der Waals surface area (Å²) in [5.41, 5.74) is 1.05. The van der Waals surface area contributed by atoms with Crippen molar-refractivity contribution < 1.29 is 13.2 Å². The predicted octanol–water partition coefficient (Wildman–Crippen LogP) is 6.56. The van der Waals surface area contributed by atoms with Crippen molar-refractivity contribution in [2.75, 3.05) is 0 Å². The minimum atomic E-state index is -0.644. The van der Waals surface area contributed by atoms with Gasteiger partial charge in [0.1, 0.15) is 17.5 Å². The molecule has 0 aromatic heterocycles. The van der Waals surface area contributed by atoms with Gasteiger partial charge in [-0.25, -0.2) is 13.2 Å². The molecule has 0 unspecified atom stereocenters. The maximum Gasteiger partial charge on any atom is 0.142 e. The molecule has 1 fully saturated rings. The topological polar surface area (TPSA) is 0 Å². The number of benzene rings is 3. The summed E-state index contributed by atoms with van der Waals surface area (Å²) in [4.78, 5) is 0. The minimum Gasteiger partial charge on any atom is -0.207 e. The maximum absolute atomic E-state index is 14.6.